The molecular weight excluding hydrogens is 551 g/mol. The first-order valence-electron chi connectivity index (χ1n) is 14.6. The van der Waals surface area contributed by atoms with Crippen LogP contribution < -0.4 is 20.7 Å². The van der Waals surface area contributed by atoms with Gasteiger partial charge >= 0.3 is 11.8 Å². The first kappa shape index (κ1) is 30.2. The molecule has 0 radical (unpaired) electrons. The minimum atomic E-state index is -0.879. The zero-order valence-electron chi connectivity index (χ0n) is 24.5. The highest BCUT2D eigenvalue weighted by atomic mass is 19.1. The van der Waals surface area contributed by atoms with E-state index in [0.717, 1.165) is 54.4 Å². The molecule has 1 aliphatic carbocycles. The van der Waals surface area contributed by atoms with E-state index in [0.29, 0.717) is 43.4 Å². The average molecular weight is 589 g/mol. The SMILES string of the molecule is COC1Cc2c(Oc3ccc(NC(=O)C(=O)NCCc4cccc(C)c4)cc3F)ccnc2C=C1OCC1CCNCC1. The number of ether oxygens (including phenoxy) is 3. The van der Waals surface area contributed by atoms with Crippen LogP contribution in [0.3, 0.4) is 0 Å². The van der Waals surface area contributed by atoms with Gasteiger partial charge in [0.2, 0.25) is 0 Å². The third-order valence-electron chi connectivity index (χ3n) is 7.66. The molecule has 2 amide bonds. The fourth-order valence-corrected chi connectivity index (χ4v) is 5.26. The Kier molecular flexibility index (Phi) is 10.0. The van der Waals surface area contributed by atoms with E-state index in [-0.39, 0.29) is 17.5 Å². The average Bonchev–Trinajstić information content (AvgIpc) is 3.01. The molecule has 226 valence electrons. The van der Waals surface area contributed by atoms with Crippen LogP contribution in [0.5, 0.6) is 11.5 Å². The molecule has 1 unspecified atom stereocenters. The first-order chi connectivity index (χ1) is 20.9. The molecule has 2 aromatic carbocycles. The number of hydrogen-bond acceptors (Lipinski definition) is 7. The molecule has 5 rings (SSSR count). The van der Waals surface area contributed by atoms with Crippen molar-refractivity contribution in [2.45, 2.75) is 38.7 Å². The van der Waals surface area contributed by atoms with Crippen molar-refractivity contribution >= 4 is 23.6 Å². The summed E-state index contributed by atoms with van der Waals surface area (Å²) >= 11 is 0. The minimum Gasteiger partial charge on any atom is -0.495 e. The van der Waals surface area contributed by atoms with E-state index >= 15 is 4.39 Å². The van der Waals surface area contributed by atoms with Crippen LogP contribution in [0.25, 0.3) is 6.08 Å². The summed E-state index contributed by atoms with van der Waals surface area (Å²) in [5.41, 5.74) is 3.78. The molecule has 3 aromatic rings. The summed E-state index contributed by atoms with van der Waals surface area (Å²) in [6, 6.07) is 13.6. The lowest BCUT2D eigenvalue weighted by molar-refractivity contribution is -0.136. The minimum absolute atomic E-state index is 0.0279. The molecule has 1 saturated heterocycles. The second-order valence-electron chi connectivity index (χ2n) is 10.8. The first-order valence-corrected chi connectivity index (χ1v) is 14.6. The zero-order chi connectivity index (χ0) is 30.2. The number of carbonyl (C=O) groups is 2. The van der Waals surface area contributed by atoms with E-state index in [4.69, 9.17) is 14.2 Å². The van der Waals surface area contributed by atoms with Gasteiger partial charge in [-0.2, -0.15) is 0 Å². The summed E-state index contributed by atoms with van der Waals surface area (Å²) in [6.07, 6.45) is 6.36. The van der Waals surface area contributed by atoms with Crippen LogP contribution in [0.15, 0.2) is 60.5 Å². The van der Waals surface area contributed by atoms with Crippen LogP contribution in [0.1, 0.15) is 35.2 Å². The Balaban J connectivity index is 1.19. The van der Waals surface area contributed by atoms with Gasteiger partial charge in [0, 0.05) is 49.7 Å². The van der Waals surface area contributed by atoms with Crippen molar-refractivity contribution in [1.29, 1.82) is 0 Å². The Morgan fingerprint density at radius 3 is 2.67 bits per heavy atom. The van der Waals surface area contributed by atoms with E-state index < -0.39 is 17.6 Å². The number of pyridine rings is 1. The van der Waals surface area contributed by atoms with Crippen LogP contribution >= 0.6 is 0 Å². The van der Waals surface area contributed by atoms with Gasteiger partial charge in [-0.25, -0.2) is 4.39 Å². The third-order valence-corrected chi connectivity index (χ3v) is 7.66. The van der Waals surface area contributed by atoms with Gasteiger partial charge in [-0.3, -0.25) is 14.6 Å². The maximum atomic E-state index is 15.1. The second kappa shape index (κ2) is 14.3. The number of nitrogens with one attached hydrogen (secondary N) is 3. The number of hydrogen-bond donors (Lipinski definition) is 3. The Morgan fingerprint density at radius 1 is 1.07 bits per heavy atom. The Morgan fingerprint density at radius 2 is 1.91 bits per heavy atom. The molecule has 1 aliphatic heterocycles. The maximum absolute atomic E-state index is 15.1. The van der Waals surface area contributed by atoms with Gasteiger partial charge < -0.3 is 30.2 Å². The number of aromatic nitrogens is 1. The van der Waals surface area contributed by atoms with Crippen molar-refractivity contribution in [2.24, 2.45) is 5.92 Å². The van der Waals surface area contributed by atoms with Gasteiger partial charge in [-0.1, -0.05) is 29.8 Å². The highest BCUT2D eigenvalue weighted by Crippen LogP contribution is 2.35. The molecule has 2 heterocycles. The summed E-state index contributed by atoms with van der Waals surface area (Å²) < 4.78 is 32.9. The van der Waals surface area contributed by atoms with E-state index in [1.165, 1.54) is 12.1 Å². The zero-order valence-corrected chi connectivity index (χ0v) is 24.5. The molecule has 2 aliphatic rings. The molecule has 9 nitrogen and oxygen atoms in total. The van der Waals surface area contributed by atoms with Gasteiger partial charge in [0.05, 0.1) is 12.3 Å². The fourth-order valence-electron chi connectivity index (χ4n) is 5.26. The highest BCUT2D eigenvalue weighted by Gasteiger charge is 2.28. The lowest BCUT2D eigenvalue weighted by Gasteiger charge is -2.28. The largest absolute Gasteiger partial charge is 0.495 e. The van der Waals surface area contributed by atoms with Crippen LogP contribution in [0.2, 0.25) is 0 Å². The molecule has 0 bridgehead atoms. The van der Waals surface area contributed by atoms with Gasteiger partial charge in [0.25, 0.3) is 0 Å². The molecule has 0 spiro atoms. The van der Waals surface area contributed by atoms with Crippen LogP contribution in [-0.4, -0.2) is 56.3 Å². The maximum Gasteiger partial charge on any atom is 0.313 e. The van der Waals surface area contributed by atoms with Gasteiger partial charge in [-0.05, 0) is 69.0 Å². The summed E-state index contributed by atoms with van der Waals surface area (Å²) in [4.78, 5) is 29.1. The Labute approximate surface area is 250 Å². The van der Waals surface area contributed by atoms with Crippen molar-refractivity contribution in [3.05, 3.63) is 88.7 Å². The van der Waals surface area contributed by atoms with E-state index in [9.17, 15) is 9.59 Å². The molecule has 1 atom stereocenters. The van der Waals surface area contributed by atoms with Crippen molar-refractivity contribution in [3.8, 4) is 11.5 Å². The van der Waals surface area contributed by atoms with E-state index in [1.54, 1.807) is 19.4 Å². The van der Waals surface area contributed by atoms with Crippen molar-refractivity contribution < 1.29 is 28.2 Å². The smallest absolute Gasteiger partial charge is 0.313 e. The van der Waals surface area contributed by atoms with Gasteiger partial charge in [-0.15, -0.1) is 0 Å². The lowest BCUT2D eigenvalue weighted by atomic mass is 9.96. The molecule has 1 fully saturated rings. The number of nitrogens with zero attached hydrogens (tertiary/aromatic N) is 1. The molecule has 3 N–H and O–H groups in total. The Hall–Kier alpha value is -4.28. The number of benzene rings is 2. The standard InChI is InChI=1S/C33H37FN4O5/c1-21-4-3-5-22(16-21)10-14-37-32(39)33(40)38-24-6-7-29(26(34)17-24)43-28-11-15-36-27-19-31(30(41-2)18-25(27)28)42-20-23-8-12-35-13-9-23/h3-7,11,15-17,19,23,30,35H,8-10,12-14,18,20H2,1-2H3,(H,37,39)(H,38,40). The number of methoxy groups -OCH3 is 1. The lowest BCUT2D eigenvalue weighted by Crippen LogP contribution is -2.36. The molecule has 10 heteroatoms. The normalized spacial score (nSPS) is 16.5. The molecule has 43 heavy (non-hydrogen) atoms. The van der Waals surface area contributed by atoms with E-state index in [1.807, 2.05) is 37.3 Å². The fraction of sp³-hybridized carbons (Fsp3) is 0.364. The number of aryl methyl sites for hydroxylation is 1. The number of carbonyl (C=O) groups excluding carboxylic acids is 2. The third kappa shape index (κ3) is 7.97. The monoisotopic (exact) mass is 588 g/mol. The van der Waals surface area contributed by atoms with Gasteiger partial charge in [0.1, 0.15) is 17.6 Å². The Bertz CT molecular complexity index is 1490. The number of fused-ring (bicyclic) bond motifs is 1. The van der Waals surface area contributed by atoms with Crippen molar-refractivity contribution in [2.75, 3.05) is 38.7 Å². The summed E-state index contributed by atoms with van der Waals surface area (Å²) in [5, 5.41) is 8.39. The van der Waals surface area contributed by atoms with Crippen molar-refractivity contribution in [1.82, 2.24) is 15.6 Å². The molecule has 0 saturated carbocycles. The van der Waals surface area contributed by atoms with Gasteiger partial charge in [0.15, 0.2) is 11.6 Å². The number of rotatable bonds is 10. The number of piperidine rings is 1. The summed E-state index contributed by atoms with van der Waals surface area (Å²) in [5.74, 6) is -0.720. The molecule has 1 aromatic heterocycles. The number of halogens is 1. The van der Waals surface area contributed by atoms with Crippen LogP contribution in [0.4, 0.5) is 10.1 Å². The quantitative estimate of drug-likeness (QED) is 0.298. The van der Waals surface area contributed by atoms with Crippen LogP contribution in [-0.2, 0) is 31.9 Å². The molecular formula is C33H37FN4O5. The predicted molar refractivity (Wildman–Crippen MR) is 161 cm³/mol. The van der Waals surface area contributed by atoms with Crippen molar-refractivity contribution in [3.63, 3.8) is 0 Å². The summed E-state index contributed by atoms with van der Waals surface area (Å²) in [7, 11) is 1.63. The van der Waals surface area contributed by atoms with E-state index in [2.05, 4.69) is 20.9 Å². The second-order valence-corrected chi connectivity index (χ2v) is 10.8. The number of anilines is 1. The highest BCUT2D eigenvalue weighted by molar-refractivity contribution is 6.39. The predicted octanol–water partition coefficient (Wildman–Crippen LogP) is 4.55. The number of amides is 2. The van der Waals surface area contributed by atoms with Crippen LogP contribution in [0, 0.1) is 18.7 Å². The topological polar surface area (TPSA) is 111 Å². The summed E-state index contributed by atoms with van der Waals surface area (Å²) in [6.45, 7) is 4.92.